The number of aryl methyl sites for hydroxylation is 1. The Labute approximate surface area is 188 Å². The van der Waals surface area contributed by atoms with Crippen LogP contribution >= 0.6 is 22.9 Å². The van der Waals surface area contributed by atoms with Crippen molar-refractivity contribution in [3.63, 3.8) is 0 Å². The SMILES string of the molecule is CC[C@H](C)n1c(=O)c2sccc2n2c(CCCC(=O)NCc3ccccc3Cl)nnc12. The molecule has 1 amide bonds. The minimum absolute atomic E-state index is 0.0224. The van der Waals surface area contributed by atoms with Crippen LogP contribution in [-0.4, -0.2) is 25.1 Å². The molecule has 0 saturated carbocycles. The summed E-state index contributed by atoms with van der Waals surface area (Å²) in [5.74, 6) is 1.28. The van der Waals surface area contributed by atoms with Crippen molar-refractivity contribution in [2.75, 3.05) is 0 Å². The fourth-order valence-electron chi connectivity index (χ4n) is 3.62. The summed E-state index contributed by atoms with van der Waals surface area (Å²) in [6, 6.07) is 9.42. The number of aromatic nitrogens is 4. The molecule has 1 aromatic carbocycles. The Morgan fingerprint density at radius 3 is 2.84 bits per heavy atom. The lowest BCUT2D eigenvalue weighted by Gasteiger charge is -2.14. The van der Waals surface area contributed by atoms with Crippen LogP contribution in [0.3, 0.4) is 0 Å². The summed E-state index contributed by atoms with van der Waals surface area (Å²) in [5.41, 5.74) is 1.70. The van der Waals surface area contributed by atoms with Gasteiger partial charge in [-0.15, -0.1) is 21.5 Å². The van der Waals surface area contributed by atoms with Gasteiger partial charge in [0.2, 0.25) is 11.7 Å². The van der Waals surface area contributed by atoms with Crippen molar-refractivity contribution in [2.45, 2.75) is 52.1 Å². The lowest BCUT2D eigenvalue weighted by molar-refractivity contribution is -0.121. The number of halogens is 1. The van der Waals surface area contributed by atoms with Crippen LogP contribution in [0.5, 0.6) is 0 Å². The Kier molecular flexibility index (Phi) is 6.38. The van der Waals surface area contributed by atoms with Crippen molar-refractivity contribution in [1.82, 2.24) is 24.5 Å². The summed E-state index contributed by atoms with van der Waals surface area (Å²) in [6.07, 6.45) is 2.41. The van der Waals surface area contributed by atoms with Crippen molar-refractivity contribution < 1.29 is 4.79 Å². The number of hydrogen-bond donors (Lipinski definition) is 1. The van der Waals surface area contributed by atoms with Crippen LogP contribution in [0, 0.1) is 0 Å². The normalized spacial score (nSPS) is 12.5. The highest BCUT2D eigenvalue weighted by Crippen LogP contribution is 2.23. The van der Waals surface area contributed by atoms with Crippen LogP contribution in [0.4, 0.5) is 0 Å². The molecule has 0 aliphatic carbocycles. The largest absolute Gasteiger partial charge is 0.352 e. The number of carbonyl (C=O) groups excluding carboxylic acids is 1. The fourth-order valence-corrected chi connectivity index (χ4v) is 4.64. The zero-order valence-electron chi connectivity index (χ0n) is 17.5. The van der Waals surface area contributed by atoms with Gasteiger partial charge in [0.15, 0.2) is 0 Å². The summed E-state index contributed by atoms with van der Waals surface area (Å²) in [6.45, 7) is 4.46. The van der Waals surface area contributed by atoms with Crippen LogP contribution in [0.1, 0.15) is 50.5 Å². The molecule has 31 heavy (non-hydrogen) atoms. The average molecular weight is 458 g/mol. The van der Waals surface area contributed by atoms with Gasteiger partial charge in [0.1, 0.15) is 10.5 Å². The minimum Gasteiger partial charge on any atom is -0.352 e. The molecule has 0 saturated heterocycles. The highest BCUT2D eigenvalue weighted by atomic mass is 35.5. The van der Waals surface area contributed by atoms with Gasteiger partial charge in [0.05, 0.1) is 5.52 Å². The number of nitrogens with one attached hydrogen (secondary N) is 1. The number of carbonyl (C=O) groups is 1. The topological polar surface area (TPSA) is 81.3 Å². The Morgan fingerprint density at radius 2 is 2.06 bits per heavy atom. The maximum absolute atomic E-state index is 13.0. The van der Waals surface area contributed by atoms with Gasteiger partial charge in [-0.05, 0) is 42.8 Å². The van der Waals surface area contributed by atoms with E-state index in [9.17, 15) is 9.59 Å². The zero-order valence-corrected chi connectivity index (χ0v) is 19.0. The maximum atomic E-state index is 13.0. The molecule has 0 unspecified atom stereocenters. The number of amides is 1. The number of thiophene rings is 1. The van der Waals surface area contributed by atoms with Gasteiger partial charge in [-0.1, -0.05) is 36.7 Å². The van der Waals surface area contributed by atoms with Gasteiger partial charge in [-0.25, -0.2) is 0 Å². The van der Waals surface area contributed by atoms with E-state index in [1.807, 2.05) is 54.0 Å². The summed E-state index contributed by atoms with van der Waals surface area (Å²) in [7, 11) is 0. The second-order valence-electron chi connectivity index (χ2n) is 7.54. The molecule has 9 heteroatoms. The van der Waals surface area contributed by atoms with Gasteiger partial charge in [0.25, 0.3) is 5.56 Å². The number of fused-ring (bicyclic) bond motifs is 3. The Morgan fingerprint density at radius 1 is 1.26 bits per heavy atom. The van der Waals surface area contributed by atoms with E-state index in [2.05, 4.69) is 15.5 Å². The first-order chi connectivity index (χ1) is 15.0. The predicted molar refractivity (Wildman–Crippen MR) is 124 cm³/mol. The fraction of sp³-hybridized carbons (Fsp3) is 0.364. The first-order valence-corrected chi connectivity index (χ1v) is 11.6. The van der Waals surface area contributed by atoms with Gasteiger partial charge < -0.3 is 5.32 Å². The zero-order chi connectivity index (χ0) is 22.0. The monoisotopic (exact) mass is 457 g/mol. The molecule has 7 nitrogen and oxygen atoms in total. The van der Waals surface area contributed by atoms with E-state index in [1.54, 1.807) is 4.57 Å². The van der Waals surface area contributed by atoms with E-state index in [1.165, 1.54) is 11.3 Å². The van der Waals surface area contributed by atoms with Gasteiger partial charge in [0, 0.05) is 30.5 Å². The minimum atomic E-state index is -0.0362. The first kappa shape index (κ1) is 21.5. The number of nitrogens with zero attached hydrogens (tertiary/aromatic N) is 4. The predicted octanol–water partition coefficient (Wildman–Crippen LogP) is 4.37. The summed E-state index contributed by atoms with van der Waals surface area (Å²) >= 11 is 7.57. The molecule has 4 aromatic rings. The standard InChI is InChI=1S/C22H24ClN5O2S/c1-3-14(2)27-21(30)20-17(11-12-31-20)28-18(25-26-22(27)28)9-6-10-19(29)24-13-15-7-4-5-8-16(15)23/h4-5,7-8,11-12,14H,3,6,9-10,13H2,1-2H3,(H,24,29)/t14-/m0/s1. The molecule has 3 aromatic heterocycles. The lowest BCUT2D eigenvalue weighted by atomic mass is 10.2. The first-order valence-electron chi connectivity index (χ1n) is 10.4. The Balaban J connectivity index is 1.49. The molecule has 1 N–H and O–H groups in total. The number of hydrogen-bond acceptors (Lipinski definition) is 5. The summed E-state index contributed by atoms with van der Waals surface area (Å²) in [4.78, 5) is 25.2. The third-order valence-corrected chi connectivity index (χ3v) is 6.76. The summed E-state index contributed by atoms with van der Waals surface area (Å²) in [5, 5.41) is 14.2. The molecule has 162 valence electrons. The molecule has 0 radical (unpaired) electrons. The Bertz CT molecular complexity index is 1290. The van der Waals surface area contributed by atoms with Crippen LogP contribution in [0.15, 0.2) is 40.5 Å². The van der Waals surface area contributed by atoms with E-state index < -0.39 is 0 Å². The molecule has 4 rings (SSSR count). The molecule has 0 aliphatic heterocycles. The molecular formula is C22H24ClN5O2S. The molecule has 0 bridgehead atoms. The third kappa shape index (κ3) is 4.22. The highest BCUT2D eigenvalue weighted by molar-refractivity contribution is 7.17. The van der Waals surface area contributed by atoms with E-state index in [0.29, 0.717) is 41.3 Å². The van der Waals surface area contributed by atoms with Crippen molar-refractivity contribution >= 4 is 44.8 Å². The van der Waals surface area contributed by atoms with E-state index >= 15 is 0 Å². The number of benzene rings is 1. The third-order valence-electron chi connectivity index (χ3n) is 5.50. The maximum Gasteiger partial charge on any atom is 0.273 e. The molecule has 3 heterocycles. The Hall–Kier alpha value is -2.71. The van der Waals surface area contributed by atoms with Crippen molar-refractivity contribution in [3.05, 3.63) is 62.5 Å². The van der Waals surface area contributed by atoms with Gasteiger partial charge >= 0.3 is 0 Å². The second kappa shape index (κ2) is 9.20. The van der Waals surface area contributed by atoms with Crippen molar-refractivity contribution in [3.8, 4) is 0 Å². The smallest absolute Gasteiger partial charge is 0.273 e. The van der Waals surface area contributed by atoms with Crippen LogP contribution in [0.25, 0.3) is 16.0 Å². The van der Waals surface area contributed by atoms with Gasteiger partial charge in [-0.3, -0.25) is 18.6 Å². The number of rotatable bonds is 8. The quantitative estimate of drug-likeness (QED) is 0.426. The van der Waals surface area contributed by atoms with Crippen LogP contribution in [0.2, 0.25) is 5.02 Å². The average Bonchev–Trinajstić information content (AvgIpc) is 3.40. The van der Waals surface area contributed by atoms with E-state index in [-0.39, 0.29) is 17.5 Å². The second-order valence-corrected chi connectivity index (χ2v) is 8.86. The highest BCUT2D eigenvalue weighted by Gasteiger charge is 2.19. The van der Waals surface area contributed by atoms with Crippen molar-refractivity contribution in [2.24, 2.45) is 0 Å². The molecule has 0 fully saturated rings. The van der Waals surface area contributed by atoms with E-state index in [0.717, 1.165) is 23.3 Å². The summed E-state index contributed by atoms with van der Waals surface area (Å²) < 4.78 is 4.39. The van der Waals surface area contributed by atoms with Crippen LogP contribution in [-0.2, 0) is 17.8 Å². The molecule has 1 atom stereocenters. The lowest BCUT2D eigenvalue weighted by Crippen LogP contribution is -2.25. The molecular weight excluding hydrogens is 434 g/mol. The van der Waals surface area contributed by atoms with Crippen LogP contribution < -0.4 is 10.9 Å². The van der Waals surface area contributed by atoms with E-state index in [4.69, 9.17) is 11.6 Å². The molecule has 0 spiro atoms. The van der Waals surface area contributed by atoms with Crippen molar-refractivity contribution in [1.29, 1.82) is 0 Å². The van der Waals surface area contributed by atoms with Gasteiger partial charge in [-0.2, -0.15) is 0 Å². The molecule has 0 aliphatic rings.